The zero-order valence-electron chi connectivity index (χ0n) is 18.9. The normalized spacial score (nSPS) is 11.8. The van der Waals surface area contributed by atoms with E-state index >= 15 is 0 Å². The monoisotopic (exact) mass is 478 g/mol. The van der Waals surface area contributed by atoms with Gasteiger partial charge in [-0.3, -0.25) is 9.52 Å². The molecule has 10 nitrogen and oxygen atoms in total. The summed E-state index contributed by atoms with van der Waals surface area (Å²) in [5.41, 5.74) is 5.73. The number of urea groups is 1. The van der Waals surface area contributed by atoms with Gasteiger partial charge in [0, 0.05) is 11.4 Å². The molecule has 0 saturated heterocycles. The summed E-state index contributed by atoms with van der Waals surface area (Å²) in [5.74, 6) is 0.212. The number of hydrogen-bond donors (Lipinski definition) is 4. The van der Waals surface area contributed by atoms with Crippen molar-refractivity contribution in [2.75, 3.05) is 23.8 Å². The van der Waals surface area contributed by atoms with Crippen LogP contribution in [-0.2, 0) is 14.8 Å². The summed E-state index contributed by atoms with van der Waals surface area (Å²) in [5, 5.41) is 5.04. The third kappa shape index (κ3) is 7.56. The van der Waals surface area contributed by atoms with Crippen LogP contribution < -0.4 is 30.6 Å². The van der Waals surface area contributed by atoms with Crippen molar-refractivity contribution in [3.05, 3.63) is 42.5 Å². The average molecular weight is 479 g/mol. The van der Waals surface area contributed by atoms with E-state index in [1.807, 2.05) is 13.8 Å². The molecule has 2 aromatic carbocycles. The molecule has 0 fully saturated rings. The molecule has 0 aliphatic carbocycles. The Labute approximate surface area is 193 Å². The molecule has 11 heteroatoms. The number of amides is 3. The molecule has 5 N–H and O–H groups in total. The van der Waals surface area contributed by atoms with E-state index in [-0.39, 0.29) is 16.3 Å². The van der Waals surface area contributed by atoms with Gasteiger partial charge in [-0.2, -0.15) is 0 Å². The zero-order chi connectivity index (χ0) is 24.4. The highest BCUT2D eigenvalue weighted by Crippen LogP contribution is 2.29. The largest absolute Gasteiger partial charge is 0.495 e. The molecule has 1 unspecified atom stereocenters. The highest BCUT2D eigenvalue weighted by molar-refractivity contribution is 7.92. The molecule has 33 heavy (non-hydrogen) atoms. The number of methoxy groups -OCH3 is 1. The van der Waals surface area contributed by atoms with Gasteiger partial charge in [0.25, 0.3) is 10.0 Å². The Morgan fingerprint density at radius 2 is 1.73 bits per heavy atom. The number of ether oxygens (including phenoxy) is 2. The number of anilines is 2. The fourth-order valence-corrected chi connectivity index (χ4v) is 4.29. The van der Waals surface area contributed by atoms with Gasteiger partial charge in [0.05, 0.1) is 13.7 Å². The fraction of sp³-hybridized carbons (Fsp3) is 0.364. The van der Waals surface area contributed by atoms with Gasteiger partial charge in [0.1, 0.15) is 22.4 Å². The van der Waals surface area contributed by atoms with E-state index < -0.39 is 28.0 Å². The second kappa shape index (κ2) is 12.0. The summed E-state index contributed by atoms with van der Waals surface area (Å²) < 4.78 is 39.1. The molecule has 2 aromatic rings. The first-order chi connectivity index (χ1) is 15.7. The maximum absolute atomic E-state index is 13.0. The van der Waals surface area contributed by atoms with Gasteiger partial charge in [0.15, 0.2) is 0 Å². The van der Waals surface area contributed by atoms with Crippen LogP contribution in [0, 0.1) is 0 Å². The molecule has 1 atom stereocenters. The maximum atomic E-state index is 13.0. The molecule has 0 radical (unpaired) electrons. The first-order valence-electron chi connectivity index (χ1n) is 10.5. The lowest BCUT2D eigenvalue weighted by Crippen LogP contribution is -2.46. The standard InChI is InChI=1S/C22H30N4O6S/c1-4-6-7-18(25-22(23)28)21(27)24-16-10-13-19(31-3)20(14-16)33(29,30)26-15-8-11-17(12-9-15)32-5-2/h8-14,18,26H,4-7H2,1-3H3,(H,24,27)(H3,23,25,28). The molecule has 0 aromatic heterocycles. The van der Waals surface area contributed by atoms with Crippen molar-refractivity contribution in [1.82, 2.24) is 5.32 Å². The lowest BCUT2D eigenvalue weighted by Gasteiger charge is -2.18. The minimum Gasteiger partial charge on any atom is -0.495 e. The van der Waals surface area contributed by atoms with Crippen molar-refractivity contribution >= 4 is 33.3 Å². The van der Waals surface area contributed by atoms with Crippen molar-refractivity contribution in [2.45, 2.75) is 44.0 Å². The number of primary amides is 1. The lowest BCUT2D eigenvalue weighted by atomic mass is 10.1. The summed E-state index contributed by atoms with van der Waals surface area (Å²) in [6.07, 6.45) is 1.92. The smallest absolute Gasteiger partial charge is 0.312 e. The van der Waals surface area contributed by atoms with Crippen molar-refractivity contribution < 1.29 is 27.5 Å². The first kappa shape index (κ1) is 25.8. The highest BCUT2D eigenvalue weighted by atomic mass is 32.2. The van der Waals surface area contributed by atoms with E-state index in [1.54, 1.807) is 24.3 Å². The van der Waals surface area contributed by atoms with Crippen molar-refractivity contribution in [1.29, 1.82) is 0 Å². The van der Waals surface area contributed by atoms with Crippen molar-refractivity contribution in [3.8, 4) is 11.5 Å². The van der Waals surface area contributed by atoms with E-state index in [2.05, 4.69) is 15.4 Å². The van der Waals surface area contributed by atoms with Gasteiger partial charge in [-0.25, -0.2) is 13.2 Å². The minimum atomic E-state index is -4.05. The van der Waals surface area contributed by atoms with Crippen LogP contribution in [0.1, 0.15) is 33.1 Å². The number of nitrogens with one attached hydrogen (secondary N) is 3. The SMILES string of the molecule is CCCCC(NC(N)=O)C(=O)Nc1ccc(OC)c(S(=O)(=O)Nc2ccc(OCC)cc2)c1. The summed E-state index contributed by atoms with van der Waals surface area (Å²) in [7, 11) is -2.70. The third-order valence-electron chi connectivity index (χ3n) is 4.62. The first-order valence-corrected chi connectivity index (χ1v) is 12.0. The molecule has 0 aliphatic heterocycles. The molecule has 180 valence electrons. The quantitative estimate of drug-likeness (QED) is 0.368. The van der Waals surface area contributed by atoms with Crippen LogP contribution in [0.25, 0.3) is 0 Å². The maximum Gasteiger partial charge on any atom is 0.312 e. The molecular formula is C22H30N4O6S. The zero-order valence-corrected chi connectivity index (χ0v) is 19.7. The summed E-state index contributed by atoms with van der Waals surface area (Å²) in [4.78, 5) is 23.7. The summed E-state index contributed by atoms with van der Waals surface area (Å²) >= 11 is 0. The number of sulfonamides is 1. The third-order valence-corrected chi connectivity index (χ3v) is 6.02. The lowest BCUT2D eigenvalue weighted by molar-refractivity contribution is -0.118. The molecular weight excluding hydrogens is 448 g/mol. The van der Waals surface area contributed by atoms with Gasteiger partial charge in [0.2, 0.25) is 5.91 Å². The molecule has 0 bridgehead atoms. The molecule has 3 amide bonds. The van der Waals surface area contributed by atoms with Gasteiger partial charge >= 0.3 is 6.03 Å². The number of carbonyl (C=O) groups is 2. The molecule has 2 rings (SSSR count). The average Bonchev–Trinajstić information content (AvgIpc) is 2.77. The Morgan fingerprint density at radius 1 is 1.06 bits per heavy atom. The van der Waals surface area contributed by atoms with Crippen molar-refractivity contribution in [2.24, 2.45) is 5.73 Å². The molecule has 0 aliphatic rings. The van der Waals surface area contributed by atoms with Crippen LogP contribution in [0.4, 0.5) is 16.2 Å². The highest BCUT2D eigenvalue weighted by Gasteiger charge is 2.23. The van der Waals surface area contributed by atoms with Crippen LogP contribution in [0.2, 0.25) is 0 Å². The van der Waals surface area contributed by atoms with Crippen LogP contribution in [0.15, 0.2) is 47.4 Å². The van der Waals surface area contributed by atoms with Crippen molar-refractivity contribution in [3.63, 3.8) is 0 Å². The number of unbranched alkanes of at least 4 members (excludes halogenated alkanes) is 1. The second-order valence-corrected chi connectivity index (χ2v) is 8.77. The van der Waals surface area contributed by atoms with Crippen LogP contribution in [-0.4, -0.2) is 40.1 Å². The Balaban J connectivity index is 2.26. The van der Waals surface area contributed by atoms with Gasteiger partial charge in [-0.05, 0) is 55.8 Å². The number of hydrogen-bond acceptors (Lipinski definition) is 6. The van der Waals surface area contributed by atoms with Gasteiger partial charge in [-0.1, -0.05) is 19.8 Å². The van der Waals surface area contributed by atoms with E-state index in [9.17, 15) is 18.0 Å². The van der Waals surface area contributed by atoms with E-state index in [1.165, 1.54) is 25.3 Å². The summed E-state index contributed by atoms with van der Waals surface area (Å²) in [6.45, 7) is 4.30. The van der Waals surface area contributed by atoms with E-state index in [0.29, 0.717) is 30.9 Å². The van der Waals surface area contributed by atoms with Crippen LogP contribution >= 0.6 is 0 Å². The molecule has 0 spiro atoms. The van der Waals surface area contributed by atoms with Crippen LogP contribution in [0.3, 0.4) is 0 Å². The number of carbonyl (C=O) groups excluding carboxylic acids is 2. The van der Waals surface area contributed by atoms with Crippen LogP contribution in [0.5, 0.6) is 11.5 Å². The Hall–Kier alpha value is -3.47. The predicted molar refractivity (Wildman–Crippen MR) is 126 cm³/mol. The summed E-state index contributed by atoms with van der Waals surface area (Å²) in [6, 6.07) is 9.03. The number of nitrogens with two attached hydrogens (primary N) is 1. The molecule has 0 heterocycles. The van der Waals surface area contributed by atoms with Gasteiger partial charge < -0.3 is 25.8 Å². The Morgan fingerprint density at radius 3 is 2.30 bits per heavy atom. The number of benzene rings is 2. The minimum absolute atomic E-state index is 0.101. The van der Waals surface area contributed by atoms with Gasteiger partial charge in [-0.15, -0.1) is 0 Å². The fourth-order valence-electron chi connectivity index (χ4n) is 3.04. The Kier molecular flexibility index (Phi) is 9.34. The van der Waals surface area contributed by atoms with E-state index in [4.69, 9.17) is 15.2 Å². The van der Waals surface area contributed by atoms with E-state index in [0.717, 1.165) is 6.42 Å². The Bertz CT molecular complexity index is 1060. The molecule has 0 saturated carbocycles. The number of rotatable bonds is 12. The predicted octanol–water partition coefficient (Wildman–Crippen LogP) is 3.06. The second-order valence-electron chi connectivity index (χ2n) is 7.12. The topological polar surface area (TPSA) is 149 Å².